The number of nitrogens with zero attached hydrogens (tertiary/aromatic N) is 4. The van der Waals surface area contributed by atoms with Crippen LogP contribution in [0.1, 0.15) is 0 Å². The molecule has 4 aromatic rings. The molecule has 0 aliphatic rings. The van der Waals surface area contributed by atoms with Crippen LogP contribution in [0, 0.1) is 5.82 Å². The van der Waals surface area contributed by atoms with Gasteiger partial charge in [0.1, 0.15) is 11.5 Å². The number of aromatic nitrogens is 3. The first kappa shape index (κ1) is 15.3. The molecule has 1 aromatic carbocycles. The minimum atomic E-state index is -0.273. The lowest BCUT2D eigenvalue weighted by Gasteiger charge is -2.11. The van der Waals surface area contributed by atoms with Gasteiger partial charge in [-0.25, -0.2) is 14.7 Å². The monoisotopic (exact) mass is 333 g/mol. The van der Waals surface area contributed by atoms with Gasteiger partial charge in [0.2, 0.25) is 0 Å². The van der Waals surface area contributed by atoms with Crippen molar-refractivity contribution in [2.75, 3.05) is 12.1 Å². The Hall–Kier alpha value is -3.25. The van der Waals surface area contributed by atoms with E-state index in [1.807, 2.05) is 30.5 Å². The van der Waals surface area contributed by atoms with Crippen molar-refractivity contribution in [1.29, 1.82) is 0 Å². The molecule has 0 aliphatic carbocycles. The molecule has 0 amide bonds. The van der Waals surface area contributed by atoms with Gasteiger partial charge in [0, 0.05) is 30.6 Å². The Bertz CT molecular complexity index is 1020. The maximum atomic E-state index is 13.3. The summed E-state index contributed by atoms with van der Waals surface area (Å²) in [5.74, 6) is 5.56. The van der Waals surface area contributed by atoms with Gasteiger partial charge in [-0.05, 0) is 54.1 Å². The summed E-state index contributed by atoms with van der Waals surface area (Å²) < 4.78 is 15.1. The third kappa shape index (κ3) is 2.72. The van der Waals surface area contributed by atoms with E-state index in [4.69, 9.17) is 10.9 Å². The van der Waals surface area contributed by atoms with Gasteiger partial charge >= 0.3 is 0 Å². The third-order valence-corrected chi connectivity index (χ3v) is 4.11. The van der Waals surface area contributed by atoms with E-state index in [2.05, 4.69) is 4.98 Å². The number of hydrazine groups is 1. The number of nitrogens with two attached hydrogens (primary N) is 1. The second-order valence-corrected chi connectivity index (χ2v) is 5.79. The molecule has 0 atom stereocenters. The molecule has 6 heteroatoms. The zero-order valence-corrected chi connectivity index (χ0v) is 13.6. The molecule has 2 N–H and O–H groups in total. The Morgan fingerprint density at radius 3 is 2.36 bits per heavy atom. The van der Waals surface area contributed by atoms with Gasteiger partial charge in [-0.2, -0.15) is 5.10 Å². The topological polar surface area (TPSA) is 59.5 Å². The summed E-state index contributed by atoms with van der Waals surface area (Å²) in [4.78, 5) is 4.09. The number of pyridine rings is 2. The third-order valence-electron chi connectivity index (χ3n) is 4.11. The largest absolute Gasteiger partial charge is 0.313 e. The van der Waals surface area contributed by atoms with Crippen LogP contribution in [-0.2, 0) is 0 Å². The molecule has 124 valence electrons. The van der Waals surface area contributed by atoms with E-state index >= 15 is 0 Å². The van der Waals surface area contributed by atoms with E-state index in [9.17, 15) is 4.39 Å². The van der Waals surface area contributed by atoms with Crippen LogP contribution in [0.3, 0.4) is 0 Å². The second kappa shape index (κ2) is 5.99. The van der Waals surface area contributed by atoms with Crippen LogP contribution in [0.4, 0.5) is 10.1 Å². The highest BCUT2D eigenvalue weighted by molar-refractivity contribution is 5.92. The molecule has 0 saturated carbocycles. The van der Waals surface area contributed by atoms with Gasteiger partial charge in [0.05, 0.1) is 17.4 Å². The average Bonchev–Trinajstić information content (AvgIpc) is 3.01. The van der Waals surface area contributed by atoms with E-state index in [1.54, 1.807) is 36.1 Å². The molecule has 0 bridgehead atoms. The van der Waals surface area contributed by atoms with Crippen LogP contribution in [0.15, 0.2) is 67.1 Å². The molecule has 0 aliphatic heterocycles. The zero-order valence-electron chi connectivity index (χ0n) is 13.6. The Labute approximate surface area is 144 Å². The Kier molecular flexibility index (Phi) is 3.66. The average molecular weight is 333 g/mol. The van der Waals surface area contributed by atoms with Crippen molar-refractivity contribution >= 4 is 11.2 Å². The predicted octanol–water partition coefficient (Wildman–Crippen LogP) is 3.51. The van der Waals surface area contributed by atoms with Gasteiger partial charge in [-0.3, -0.25) is 4.98 Å². The smallest absolute Gasteiger partial charge is 0.123 e. The van der Waals surface area contributed by atoms with Gasteiger partial charge < -0.3 is 5.01 Å². The second-order valence-electron chi connectivity index (χ2n) is 5.79. The summed E-state index contributed by atoms with van der Waals surface area (Å²) in [5.41, 5.74) is 5.37. The number of hydrogen-bond acceptors (Lipinski definition) is 4. The number of benzene rings is 1. The molecule has 0 unspecified atom stereocenters. The van der Waals surface area contributed by atoms with Crippen molar-refractivity contribution in [1.82, 2.24) is 14.6 Å². The van der Waals surface area contributed by atoms with Crippen LogP contribution in [0.25, 0.3) is 27.9 Å². The van der Waals surface area contributed by atoms with Crippen LogP contribution in [0.2, 0.25) is 0 Å². The molecule has 0 spiro atoms. The summed E-state index contributed by atoms with van der Waals surface area (Å²) >= 11 is 0. The fourth-order valence-electron chi connectivity index (χ4n) is 2.86. The van der Waals surface area contributed by atoms with Crippen LogP contribution >= 0.6 is 0 Å². The highest BCUT2D eigenvalue weighted by Crippen LogP contribution is 2.35. The van der Waals surface area contributed by atoms with Gasteiger partial charge in [-0.1, -0.05) is 0 Å². The SMILES string of the molecule is CN(N)c1ccc2c(-c3ccncc3)c(-c3ccc(F)cc3)nn2c1. The van der Waals surface area contributed by atoms with E-state index in [-0.39, 0.29) is 5.82 Å². The molecular weight excluding hydrogens is 317 g/mol. The molecular formula is C19H16FN5. The first-order chi connectivity index (χ1) is 12.1. The fourth-order valence-corrected chi connectivity index (χ4v) is 2.86. The molecule has 3 heterocycles. The molecule has 0 fully saturated rings. The fraction of sp³-hybridized carbons (Fsp3) is 0.0526. The van der Waals surface area contributed by atoms with Gasteiger partial charge in [0.25, 0.3) is 0 Å². The van der Waals surface area contributed by atoms with Crippen LogP contribution in [-0.4, -0.2) is 21.6 Å². The normalized spacial score (nSPS) is 11.0. The van der Waals surface area contributed by atoms with Crippen molar-refractivity contribution in [2.45, 2.75) is 0 Å². The highest BCUT2D eigenvalue weighted by Gasteiger charge is 2.17. The van der Waals surface area contributed by atoms with E-state index in [0.717, 1.165) is 33.6 Å². The van der Waals surface area contributed by atoms with Crippen molar-refractivity contribution in [3.63, 3.8) is 0 Å². The number of halogens is 1. The Morgan fingerprint density at radius 2 is 1.68 bits per heavy atom. The summed E-state index contributed by atoms with van der Waals surface area (Å²) in [6, 6.07) is 14.1. The van der Waals surface area contributed by atoms with E-state index in [1.165, 1.54) is 17.1 Å². The number of hydrogen-bond donors (Lipinski definition) is 1. The lowest BCUT2D eigenvalue weighted by atomic mass is 10.0. The van der Waals surface area contributed by atoms with E-state index in [0.29, 0.717) is 0 Å². The van der Waals surface area contributed by atoms with Crippen LogP contribution in [0.5, 0.6) is 0 Å². The lowest BCUT2D eigenvalue weighted by molar-refractivity contribution is 0.628. The summed E-state index contributed by atoms with van der Waals surface area (Å²) in [6.45, 7) is 0. The Morgan fingerprint density at radius 1 is 0.960 bits per heavy atom. The Balaban J connectivity index is 2.01. The van der Waals surface area contributed by atoms with Crippen molar-refractivity contribution < 1.29 is 4.39 Å². The van der Waals surface area contributed by atoms with Crippen LogP contribution < -0.4 is 10.9 Å². The lowest BCUT2D eigenvalue weighted by Crippen LogP contribution is -2.25. The van der Waals surface area contributed by atoms with Crippen molar-refractivity contribution in [3.8, 4) is 22.4 Å². The van der Waals surface area contributed by atoms with Crippen molar-refractivity contribution in [2.24, 2.45) is 5.84 Å². The predicted molar refractivity (Wildman–Crippen MR) is 96.4 cm³/mol. The maximum Gasteiger partial charge on any atom is 0.123 e. The first-order valence-electron chi connectivity index (χ1n) is 7.80. The number of rotatable bonds is 3. The number of fused-ring (bicyclic) bond motifs is 1. The minimum absolute atomic E-state index is 0.273. The highest BCUT2D eigenvalue weighted by atomic mass is 19.1. The molecule has 4 rings (SSSR count). The van der Waals surface area contributed by atoms with Crippen molar-refractivity contribution in [3.05, 3.63) is 72.9 Å². The molecule has 3 aromatic heterocycles. The number of anilines is 1. The quantitative estimate of drug-likeness (QED) is 0.460. The first-order valence-corrected chi connectivity index (χ1v) is 7.80. The summed E-state index contributed by atoms with van der Waals surface area (Å²) in [5, 5.41) is 6.26. The molecule has 0 radical (unpaired) electrons. The van der Waals surface area contributed by atoms with Gasteiger partial charge in [0.15, 0.2) is 0 Å². The van der Waals surface area contributed by atoms with E-state index < -0.39 is 0 Å². The summed E-state index contributed by atoms with van der Waals surface area (Å²) in [7, 11) is 1.77. The van der Waals surface area contributed by atoms with Gasteiger partial charge in [-0.15, -0.1) is 0 Å². The minimum Gasteiger partial charge on any atom is -0.313 e. The molecule has 25 heavy (non-hydrogen) atoms. The summed E-state index contributed by atoms with van der Waals surface area (Å²) in [6.07, 6.45) is 5.36. The maximum absolute atomic E-state index is 13.3. The molecule has 0 saturated heterocycles. The molecule has 5 nitrogen and oxygen atoms in total. The zero-order chi connectivity index (χ0) is 17.4. The standard InChI is InChI=1S/C19H16FN5/c1-24(21)16-6-7-17-18(13-8-10-22-11-9-13)19(23-25(17)12-16)14-2-4-15(20)5-3-14/h2-12H,21H2,1H3.